The molecule has 0 radical (unpaired) electrons. The van der Waals surface area contributed by atoms with Gasteiger partial charge in [0.1, 0.15) is 5.84 Å². The number of benzene rings is 2. The SMILES string of the molecule is c1ccc(C2=Nc3cc(-c4ccccc4)nn3C3=NCCN23)cc1. The molecule has 5 nitrogen and oxygen atoms in total. The number of amidine groups is 1. The van der Waals surface area contributed by atoms with E-state index in [0.29, 0.717) is 0 Å². The van der Waals surface area contributed by atoms with Crippen LogP contribution in [0.15, 0.2) is 76.7 Å². The maximum Gasteiger partial charge on any atom is 0.229 e. The van der Waals surface area contributed by atoms with Crippen molar-refractivity contribution < 1.29 is 0 Å². The van der Waals surface area contributed by atoms with Gasteiger partial charge in [-0.15, -0.1) is 0 Å². The summed E-state index contributed by atoms with van der Waals surface area (Å²) in [5.74, 6) is 2.63. The van der Waals surface area contributed by atoms with Crippen molar-refractivity contribution in [1.82, 2.24) is 14.7 Å². The van der Waals surface area contributed by atoms with Crippen LogP contribution in [0.25, 0.3) is 11.3 Å². The maximum absolute atomic E-state index is 4.87. The second-order valence-electron chi connectivity index (χ2n) is 5.80. The number of hydrogen-bond acceptors (Lipinski definition) is 4. The molecule has 5 rings (SSSR count). The fourth-order valence-electron chi connectivity index (χ4n) is 3.14. The standard InChI is InChI=1S/C19H15N5/c1-3-7-14(8-4-1)16-13-17-21-18(15-9-5-2-6-10-15)23-12-11-20-19(23)24(17)22-16/h1-10,13H,11-12H2. The minimum Gasteiger partial charge on any atom is -0.293 e. The monoisotopic (exact) mass is 313 g/mol. The van der Waals surface area contributed by atoms with E-state index in [-0.39, 0.29) is 0 Å². The van der Waals surface area contributed by atoms with Gasteiger partial charge in [0, 0.05) is 23.7 Å². The Morgan fingerprint density at radius 2 is 1.54 bits per heavy atom. The molecule has 1 aromatic heterocycles. The second kappa shape index (κ2) is 5.16. The van der Waals surface area contributed by atoms with Crippen LogP contribution in [0.1, 0.15) is 5.56 Å². The quantitative estimate of drug-likeness (QED) is 0.729. The van der Waals surface area contributed by atoms with Crippen LogP contribution >= 0.6 is 0 Å². The molecule has 0 amide bonds. The number of rotatable bonds is 2. The highest BCUT2D eigenvalue weighted by Gasteiger charge is 2.31. The van der Waals surface area contributed by atoms with Crippen LogP contribution in [0.4, 0.5) is 5.82 Å². The third-order valence-corrected chi connectivity index (χ3v) is 4.28. The lowest BCUT2D eigenvalue weighted by molar-refractivity contribution is 0.623. The van der Waals surface area contributed by atoms with Gasteiger partial charge in [-0.1, -0.05) is 60.7 Å². The molecule has 2 aromatic carbocycles. The Hall–Kier alpha value is -3.21. The molecule has 0 spiro atoms. The fraction of sp³-hybridized carbons (Fsp3) is 0.105. The summed E-state index contributed by atoms with van der Waals surface area (Å²) in [4.78, 5) is 11.7. The first-order chi connectivity index (χ1) is 11.9. The van der Waals surface area contributed by atoms with E-state index in [4.69, 9.17) is 10.1 Å². The van der Waals surface area contributed by atoms with Crippen LogP contribution in [0.5, 0.6) is 0 Å². The summed E-state index contributed by atoms with van der Waals surface area (Å²) in [6, 6.07) is 22.4. The second-order valence-corrected chi connectivity index (χ2v) is 5.80. The van der Waals surface area contributed by atoms with Gasteiger partial charge in [-0.3, -0.25) is 4.90 Å². The van der Waals surface area contributed by atoms with Gasteiger partial charge in [-0.05, 0) is 0 Å². The molecule has 0 saturated carbocycles. The third kappa shape index (κ3) is 1.98. The van der Waals surface area contributed by atoms with Crippen LogP contribution in [-0.4, -0.2) is 39.6 Å². The van der Waals surface area contributed by atoms with Crippen LogP contribution in [0, 0.1) is 0 Å². The van der Waals surface area contributed by atoms with Crippen molar-refractivity contribution in [2.45, 2.75) is 0 Å². The van der Waals surface area contributed by atoms with E-state index in [0.717, 1.165) is 47.5 Å². The first-order valence-corrected chi connectivity index (χ1v) is 8.02. The molecule has 116 valence electrons. The van der Waals surface area contributed by atoms with Gasteiger partial charge in [0.05, 0.1) is 12.2 Å². The zero-order valence-electron chi connectivity index (χ0n) is 13.0. The van der Waals surface area contributed by atoms with Gasteiger partial charge in [0.25, 0.3) is 0 Å². The maximum atomic E-state index is 4.87. The Labute approximate surface area is 139 Å². The number of aliphatic imine (C=N–C) groups is 2. The highest BCUT2D eigenvalue weighted by Crippen LogP contribution is 2.29. The molecule has 0 aliphatic carbocycles. The molecule has 2 aliphatic rings. The number of nitrogens with zero attached hydrogens (tertiary/aromatic N) is 5. The summed E-state index contributed by atoms with van der Waals surface area (Å²) in [6.07, 6.45) is 0. The highest BCUT2D eigenvalue weighted by molar-refractivity contribution is 6.13. The Morgan fingerprint density at radius 3 is 2.29 bits per heavy atom. The van der Waals surface area contributed by atoms with Crippen molar-refractivity contribution in [2.75, 3.05) is 13.1 Å². The van der Waals surface area contributed by atoms with E-state index in [9.17, 15) is 0 Å². The molecule has 5 heteroatoms. The highest BCUT2D eigenvalue weighted by atomic mass is 15.5. The molecule has 0 fully saturated rings. The Bertz CT molecular complexity index is 954. The molecule has 0 N–H and O–H groups in total. The minimum absolute atomic E-state index is 0.765. The van der Waals surface area contributed by atoms with Gasteiger partial charge in [-0.25, -0.2) is 9.98 Å². The fourth-order valence-corrected chi connectivity index (χ4v) is 3.14. The molecular weight excluding hydrogens is 298 g/mol. The lowest BCUT2D eigenvalue weighted by Crippen LogP contribution is -2.41. The van der Waals surface area contributed by atoms with Gasteiger partial charge in [0.2, 0.25) is 5.96 Å². The topological polar surface area (TPSA) is 45.8 Å². The van der Waals surface area contributed by atoms with Crippen LogP contribution in [0.3, 0.4) is 0 Å². The van der Waals surface area contributed by atoms with Gasteiger partial charge in [-0.2, -0.15) is 9.78 Å². The molecule has 2 aliphatic heterocycles. The average molecular weight is 313 g/mol. The summed E-state index contributed by atoms with van der Waals surface area (Å²) in [6.45, 7) is 1.60. The normalized spacial score (nSPS) is 15.6. The Morgan fingerprint density at radius 1 is 0.833 bits per heavy atom. The molecule has 0 unspecified atom stereocenters. The van der Waals surface area contributed by atoms with E-state index >= 15 is 0 Å². The first kappa shape index (κ1) is 13.2. The number of aromatic nitrogens is 2. The summed E-state index contributed by atoms with van der Waals surface area (Å²) in [5.41, 5.74) is 3.10. The van der Waals surface area contributed by atoms with E-state index in [1.807, 2.05) is 47.1 Å². The molecule has 0 atom stereocenters. The van der Waals surface area contributed by atoms with Crippen molar-refractivity contribution in [1.29, 1.82) is 0 Å². The molecule has 0 bridgehead atoms. The predicted molar refractivity (Wildman–Crippen MR) is 94.7 cm³/mol. The summed E-state index contributed by atoms with van der Waals surface area (Å²) in [5, 5.41) is 4.73. The van der Waals surface area contributed by atoms with E-state index in [2.05, 4.69) is 34.2 Å². The largest absolute Gasteiger partial charge is 0.293 e. The molecule has 3 aromatic rings. The Balaban J connectivity index is 1.67. The third-order valence-electron chi connectivity index (χ3n) is 4.28. The lowest BCUT2D eigenvalue weighted by atomic mass is 10.1. The van der Waals surface area contributed by atoms with Gasteiger partial charge < -0.3 is 0 Å². The van der Waals surface area contributed by atoms with Gasteiger partial charge in [0.15, 0.2) is 5.82 Å². The van der Waals surface area contributed by atoms with E-state index < -0.39 is 0 Å². The van der Waals surface area contributed by atoms with Crippen molar-refractivity contribution in [2.24, 2.45) is 9.98 Å². The summed E-state index contributed by atoms with van der Waals surface area (Å²) >= 11 is 0. The van der Waals surface area contributed by atoms with Crippen LogP contribution in [-0.2, 0) is 0 Å². The van der Waals surface area contributed by atoms with Crippen molar-refractivity contribution in [3.05, 3.63) is 72.3 Å². The lowest BCUT2D eigenvalue weighted by Gasteiger charge is -2.26. The molecule has 0 saturated heterocycles. The molecular formula is C19H15N5. The zero-order chi connectivity index (χ0) is 15.9. The molecule has 24 heavy (non-hydrogen) atoms. The smallest absolute Gasteiger partial charge is 0.229 e. The average Bonchev–Trinajstić information content (AvgIpc) is 3.29. The number of hydrogen-bond donors (Lipinski definition) is 0. The van der Waals surface area contributed by atoms with E-state index in [1.165, 1.54) is 0 Å². The minimum atomic E-state index is 0.765. The van der Waals surface area contributed by atoms with Crippen molar-refractivity contribution in [3.8, 4) is 11.3 Å². The summed E-state index contributed by atoms with van der Waals surface area (Å²) in [7, 11) is 0. The van der Waals surface area contributed by atoms with Crippen LogP contribution < -0.4 is 0 Å². The Kier molecular flexibility index (Phi) is 2.85. The van der Waals surface area contributed by atoms with E-state index in [1.54, 1.807) is 0 Å². The van der Waals surface area contributed by atoms with Gasteiger partial charge >= 0.3 is 0 Å². The first-order valence-electron chi connectivity index (χ1n) is 8.02. The zero-order valence-corrected chi connectivity index (χ0v) is 13.0. The van der Waals surface area contributed by atoms with Crippen molar-refractivity contribution in [3.63, 3.8) is 0 Å². The van der Waals surface area contributed by atoms with Crippen molar-refractivity contribution >= 4 is 17.6 Å². The predicted octanol–water partition coefficient (Wildman–Crippen LogP) is 3.16. The van der Waals surface area contributed by atoms with Crippen LogP contribution in [0.2, 0.25) is 0 Å². The molecule has 3 heterocycles. The number of fused-ring (bicyclic) bond motifs is 3. The summed E-state index contributed by atoms with van der Waals surface area (Å²) < 4.78 is 1.85.